The molecule has 1 aliphatic rings. The molecular weight excluding hydrogens is 299 g/mol. The molecule has 5 nitrogen and oxygen atoms in total. The van der Waals surface area contributed by atoms with E-state index in [-0.39, 0.29) is 19.0 Å². The predicted octanol–water partition coefficient (Wildman–Crippen LogP) is 2.23. The van der Waals surface area contributed by atoms with Crippen LogP contribution in [0.15, 0.2) is 0 Å². The van der Waals surface area contributed by atoms with Crippen LogP contribution in [-0.2, 0) is 4.79 Å². The fourth-order valence-electron chi connectivity index (χ4n) is 2.43. The molecule has 2 atom stereocenters. The number of hydrogen-bond donors (Lipinski definition) is 1. The van der Waals surface area contributed by atoms with E-state index in [1.165, 1.54) is 11.8 Å². The zero-order valence-electron chi connectivity index (χ0n) is 13.2. The number of hydrogen-bond acceptors (Lipinski definition) is 2. The first kappa shape index (κ1) is 18.6. The molecule has 128 valence electrons. The lowest BCUT2D eigenvalue weighted by Crippen LogP contribution is -2.54. The Hall–Kier alpha value is -1.47. The molecule has 8 heteroatoms. The largest absolute Gasteiger partial charge is 0.408 e. The third-order valence-electron chi connectivity index (χ3n) is 4.05. The van der Waals surface area contributed by atoms with E-state index in [1.807, 2.05) is 12.2 Å². The number of rotatable bonds is 4. The van der Waals surface area contributed by atoms with Crippen molar-refractivity contribution >= 4 is 11.9 Å². The monoisotopic (exact) mass is 323 g/mol. The second-order valence-electron chi connectivity index (χ2n) is 5.60. The first-order chi connectivity index (χ1) is 10.2. The Kier molecular flexibility index (Phi) is 6.49. The minimum Gasteiger partial charge on any atom is -0.341 e. The number of nitrogens with zero attached hydrogens (tertiary/aromatic N) is 2. The molecule has 1 heterocycles. The molecule has 1 rings (SSSR count). The molecule has 22 heavy (non-hydrogen) atoms. The Morgan fingerprint density at radius 1 is 1.32 bits per heavy atom. The van der Waals surface area contributed by atoms with Crippen LogP contribution in [0.5, 0.6) is 0 Å². The molecule has 0 radical (unpaired) electrons. The number of likely N-dealkylation sites (N-methyl/N-ethyl adjacent to an activating group) is 1. The summed E-state index contributed by atoms with van der Waals surface area (Å²) in [6.45, 7) is 6.08. The van der Waals surface area contributed by atoms with E-state index in [4.69, 9.17) is 0 Å². The van der Waals surface area contributed by atoms with E-state index >= 15 is 0 Å². The van der Waals surface area contributed by atoms with Gasteiger partial charge in [-0.25, -0.2) is 4.79 Å². The quantitative estimate of drug-likeness (QED) is 0.862. The maximum absolute atomic E-state index is 13.1. The summed E-state index contributed by atoms with van der Waals surface area (Å²) in [7, 11) is 0. The topological polar surface area (TPSA) is 52.7 Å². The number of urea groups is 1. The maximum Gasteiger partial charge on any atom is 0.408 e. The van der Waals surface area contributed by atoms with Crippen molar-refractivity contribution in [3.05, 3.63) is 0 Å². The van der Waals surface area contributed by atoms with E-state index in [0.29, 0.717) is 25.9 Å². The van der Waals surface area contributed by atoms with Gasteiger partial charge in [0, 0.05) is 19.6 Å². The number of amides is 3. The molecule has 0 saturated carbocycles. The van der Waals surface area contributed by atoms with Crippen molar-refractivity contribution in [2.24, 2.45) is 5.92 Å². The fraction of sp³-hybridized carbons (Fsp3) is 0.857. The second kappa shape index (κ2) is 7.69. The van der Waals surface area contributed by atoms with Gasteiger partial charge in [-0.3, -0.25) is 4.79 Å². The summed E-state index contributed by atoms with van der Waals surface area (Å²) < 4.78 is 39.2. The summed E-state index contributed by atoms with van der Waals surface area (Å²) in [4.78, 5) is 26.8. The van der Waals surface area contributed by atoms with Crippen LogP contribution in [0.3, 0.4) is 0 Å². The van der Waals surface area contributed by atoms with E-state index in [1.54, 1.807) is 11.8 Å². The minimum absolute atomic E-state index is 0.176. The average Bonchev–Trinajstić information content (AvgIpc) is 2.63. The third kappa shape index (κ3) is 4.78. The molecule has 0 aromatic carbocycles. The molecule has 0 aromatic rings. The maximum atomic E-state index is 13.1. The summed E-state index contributed by atoms with van der Waals surface area (Å²) in [5, 5.41) is 2.05. The Morgan fingerprint density at radius 2 is 1.95 bits per heavy atom. The first-order valence-corrected chi connectivity index (χ1v) is 7.60. The normalized spacial score (nSPS) is 19.6. The summed E-state index contributed by atoms with van der Waals surface area (Å²) in [5.41, 5.74) is 0. The van der Waals surface area contributed by atoms with E-state index in [2.05, 4.69) is 0 Å². The second-order valence-corrected chi connectivity index (χ2v) is 5.60. The van der Waals surface area contributed by atoms with Crippen molar-refractivity contribution in [3.63, 3.8) is 0 Å². The fourth-order valence-corrected chi connectivity index (χ4v) is 2.43. The SMILES string of the molecule is CC[C@H](C)[C@H](NC(=O)N1CCCN(CC)C(=O)C1)C(F)(F)F. The molecule has 0 aromatic heterocycles. The molecular formula is C14H24F3N3O2. The van der Waals surface area contributed by atoms with E-state index in [9.17, 15) is 22.8 Å². The number of carbonyl (C=O) groups excluding carboxylic acids is 2. The molecule has 1 fully saturated rings. The molecule has 1 saturated heterocycles. The van der Waals surface area contributed by atoms with Crippen LogP contribution in [0.1, 0.15) is 33.6 Å². The van der Waals surface area contributed by atoms with Gasteiger partial charge in [-0.1, -0.05) is 20.3 Å². The van der Waals surface area contributed by atoms with Crippen LogP contribution in [-0.4, -0.2) is 60.1 Å². The van der Waals surface area contributed by atoms with Gasteiger partial charge < -0.3 is 15.1 Å². The lowest BCUT2D eigenvalue weighted by Gasteiger charge is -2.29. The molecule has 1 aliphatic heterocycles. The van der Waals surface area contributed by atoms with Gasteiger partial charge in [0.25, 0.3) is 0 Å². The highest BCUT2D eigenvalue weighted by molar-refractivity contribution is 5.84. The van der Waals surface area contributed by atoms with Crippen LogP contribution >= 0.6 is 0 Å². The predicted molar refractivity (Wildman–Crippen MR) is 76.3 cm³/mol. The summed E-state index contributed by atoms with van der Waals surface area (Å²) in [6, 6.07) is -2.72. The van der Waals surface area contributed by atoms with Crippen LogP contribution in [0.4, 0.5) is 18.0 Å². The molecule has 0 unspecified atom stereocenters. The van der Waals surface area contributed by atoms with Crippen molar-refractivity contribution in [3.8, 4) is 0 Å². The highest BCUT2D eigenvalue weighted by Crippen LogP contribution is 2.27. The molecule has 0 spiro atoms. The number of nitrogens with one attached hydrogen (secondary N) is 1. The van der Waals surface area contributed by atoms with Gasteiger partial charge in [-0.05, 0) is 19.3 Å². The number of carbonyl (C=O) groups is 2. The lowest BCUT2D eigenvalue weighted by atomic mass is 9.99. The molecule has 3 amide bonds. The van der Waals surface area contributed by atoms with Crippen LogP contribution in [0.2, 0.25) is 0 Å². The van der Waals surface area contributed by atoms with Crippen molar-refractivity contribution < 1.29 is 22.8 Å². The van der Waals surface area contributed by atoms with Crippen LogP contribution in [0.25, 0.3) is 0 Å². The molecule has 0 aliphatic carbocycles. The van der Waals surface area contributed by atoms with Gasteiger partial charge in [0.15, 0.2) is 0 Å². The first-order valence-electron chi connectivity index (χ1n) is 7.60. The highest BCUT2D eigenvalue weighted by Gasteiger charge is 2.44. The van der Waals surface area contributed by atoms with Gasteiger partial charge in [-0.15, -0.1) is 0 Å². The summed E-state index contributed by atoms with van der Waals surface area (Å²) in [5.74, 6) is -0.957. The Labute approximate surface area is 128 Å². The van der Waals surface area contributed by atoms with Crippen molar-refractivity contribution in [1.29, 1.82) is 0 Å². The smallest absolute Gasteiger partial charge is 0.341 e. The standard InChI is InChI=1S/C14H24F3N3O2/c1-4-10(3)12(14(15,16)17)18-13(22)20-8-6-7-19(5-2)11(21)9-20/h10,12H,4-9H2,1-3H3,(H,18,22)/t10-,12-/m0/s1. The van der Waals surface area contributed by atoms with Crippen LogP contribution < -0.4 is 5.32 Å². The van der Waals surface area contributed by atoms with Crippen molar-refractivity contribution in [1.82, 2.24) is 15.1 Å². The zero-order valence-corrected chi connectivity index (χ0v) is 13.2. The Morgan fingerprint density at radius 3 is 2.45 bits per heavy atom. The van der Waals surface area contributed by atoms with Crippen molar-refractivity contribution in [2.75, 3.05) is 26.2 Å². The van der Waals surface area contributed by atoms with Gasteiger partial charge in [0.05, 0.1) is 0 Å². The lowest BCUT2D eigenvalue weighted by molar-refractivity contribution is -0.164. The van der Waals surface area contributed by atoms with Gasteiger partial charge in [0.1, 0.15) is 12.6 Å². The average molecular weight is 323 g/mol. The van der Waals surface area contributed by atoms with Gasteiger partial charge >= 0.3 is 12.2 Å². The van der Waals surface area contributed by atoms with E-state index < -0.39 is 24.2 Å². The number of halogens is 3. The number of alkyl halides is 3. The van der Waals surface area contributed by atoms with Gasteiger partial charge in [-0.2, -0.15) is 13.2 Å². The highest BCUT2D eigenvalue weighted by atomic mass is 19.4. The van der Waals surface area contributed by atoms with Gasteiger partial charge in [0.2, 0.25) is 5.91 Å². The molecule has 1 N–H and O–H groups in total. The summed E-state index contributed by atoms with van der Waals surface area (Å²) >= 11 is 0. The summed E-state index contributed by atoms with van der Waals surface area (Å²) in [6.07, 6.45) is -3.64. The third-order valence-corrected chi connectivity index (χ3v) is 4.05. The minimum atomic E-state index is -4.50. The van der Waals surface area contributed by atoms with E-state index in [0.717, 1.165) is 0 Å². The Bertz CT molecular complexity index is 401. The zero-order chi connectivity index (χ0) is 16.9. The van der Waals surface area contributed by atoms with Crippen LogP contribution in [0, 0.1) is 5.92 Å². The molecule has 0 bridgehead atoms. The Balaban J connectivity index is 2.75. The van der Waals surface area contributed by atoms with Crippen molar-refractivity contribution in [2.45, 2.75) is 45.8 Å².